The molecule has 0 saturated heterocycles. The average molecular weight is 289 g/mol. The van der Waals surface area contributed by atoms with Crippen LogP contribution in [-0.2, 0) is 4.74 Å². The van der Waals surface area contributed by atoms with Gasteiger partial charge in [-0.2, -0.15) is 0 Å². The lowest BCUT2D eigenvalue weighted by atomic mass is 10.0. The first-order valence-corrected chi connectivity index (χ1v) is 7.12. The Balaban J connectivity index is 2.88. The van der Waals surface area contributed by atoms with E-state index in [9.17, 15) is 4.79 Å². The standard InChI is InChI=1S/C17H23NO3/c1-4-15(12-21-3)18-17(20)16-11-14(7-5-6-10-19)9-8-13(16)2/h8-9,11,15,19H,4,6,10,12H2,1-3H3,(H,18,20). The molecule has 0 aromatic heterocycles. The minimum Gasteiger partial charge on any atom is -0.395 e. The average Bonchev–Trinajstić information content (AvgIpc) is 2.48. The van der Waals surface area contributed by atoms with Gasteiger partial charge >= 0.3 is 0 Å². The number of aliphatic hydroxyl groups excluding tert-OH is 1. The van der Waals surface area contributed by atoms with Gasteiger partial charge in [-0.05, 0) is 31.0 Å². The van der Waals surface area contributed by atoms with E-state index in [0.29, 0.717) is 18.6 Å². The summed E-state index contributed by atoms with van der Waals surface area (Å²) in [7, 11) is 1.62. The molecule has 1 amide bonds. The molecule has 114 valence electrons. The van der Waals surface area contributed by atoms with Crippen LogP contribution in [-0.4, -0.2) is 37.4 Å². The van der Waals surface area contributed by atoms with Crippen LogP contribution in [0.4, 0.5) is 0 Å². The monoisotopic (exact) mass is 289 g/mol. The highest BCUT2D eigenvalue weighted by atomic mass is 16.5. The molecule has 0 bridgehead atoms. The Bertz CT molecular complexity index is 529. The smallest absolute Gasteiger partial charge is 0.251 e. The zero-order valence-electron chi connectivity index (χ0n) is 12.9. The second-order valence-corrected chi connectivity index (χ2v) is 4.84. The van der Waals surface area contributed by atoms with Crippen LogP contribution in [0, 0.1) is 18.8 Å². The molecule has 1 aromatic carbocycles. The first-order valence-electron chi connectivity index (χ1n) is 7.12. The van der Waals surface area contributed by atoms with E-state index in [0.717, 1.165) is 17.5 Å². The number of methoxy groups -OCH3 is 1. The van der Waals surface area contributed by atoms with E-state index in [1.807, 2.05) is 26.0 Å². The van der Waals surface area contributed by atoms with E-state index in [-0.39, 0.29) is 18.6 Å². The number of carbonyl (C=O) groups excluding carboxylic acids is 1. The van der Waals surface area contributed by atoms with E-state index < -0.39 is 0 Å². The first kappa shape index (κ1) is 17.2. The summed E-state index contributed by atoms with van der Waals surface area (Å²) in [6.45, 7) is 4.45. The van der Waals surface area contributed by atoms with Crippen LogP contribution in [0.2, 0.25) is 0 Å². The third-order valence-electron chi connectivity index (χ3n) is 3.15. The van der Waals surface area contributed by atoms with Gasteiger partial charge in [-0.15, -0.1) is 0 Å². The van der Waals surface area contributed by atoms with E-state index >= 15 is 0 Å². The molecule has 1 unspecified atom stereocenters. The minimum absolute atomic E-state index is 0.00558. The Kier molecular flexibility index (Phi) is 7.52. The van der Waals surface area contributed by atoms with Gasteiger partial charge in [0.05, 0.1) is 19.3 Å². The van der Waals surface area contributed by atoms with Gasteiger partial charge in [0.2, 0.25) is 0 Å². The predicted octanol–water partition coefficient (Wildman–Crippen LogP) is 1.88. The highest BCUT2D eigenvalue weighted by Crippen LogP contribution is 2.11. The van der Waals surface area contributed by atoms with Gasteiger partial charge < -0.3 is 15.2 Å². The third-order valence-corrected chi connectivity index (χ3v) is 3.15. The van der Waals surface area contributed by atoms with Crippen molar-refractivity contribution in [3.8, 4) is 11.8 Å². The van der Waals surface area contributed by atoms with Crippen molar-refractivity contribution in [1.82, 2.24) is 5.32 Å². The molecule has 0 heterocycles. The maximum atomic E-state index is 12.3. The molecule has 0 aliphatic carbocycles. The third kappa shape index (κ3) is 5.58. The fraction of sp³-hybridized carbons (Fsp3) is 0.471. The van der Waals surface area contributed by atoms with Crippen molar-refractivity contribution in [3.63, 3.8) is 0 Å². The van der Waals surface area contributed by atoms with Crippen molar-refractivity contribution in [2.24, 2.45) is 0 Å². The maximum absolute atomic E-state index is 12.3. The van der Waals surface area contributed by atoms with Gasteiger partial charge in [0.25, 0.3) is 5.91 Å². The van der Waals surface area contributed by atoms with Gasteiger partial charge in [-0.3, -0.25) is 4.79 Å². The fourth-order valence-corrected chi connectivity index (χ4v) is 1.89. The second-order valence-electron chi connectivity index (χ2n) is 4.84. The summed E-state index contributed by atoms with van der Waals surface area (Å²) in [6, 6.07) is 5.55. The number of benzene rings is 1. The fourth-order valence-electron chi connectivity index (χ4n) is 1.89. The van der Waals surface area contributed by atoms with Gasteiger partial charge in [-0.1, -0.05) is 24.8 Å². The molecule has 1 rings (SSSR count). The Hall–Kier alpha value is -1.83. The normalized spacial score (nSPS) is 11.4. The summed E-state index contributed by atoms with van der Waals surface area (Å²) in [6.07, 6.45) is 1.25. The summed E-state index contributed by atoms with van der Waals surface area (Å²) in [5.41, 5.74) is 2.31. The molecule has 4 heteroatoms. The molecule has 21 heavy (non-hydrogen) atoms. The van der Waals surface area contributed by atoms with Crippen molar-refractivity contribution in [2.45, 2.75) is 32.7 Å². The number of aliphatic hydroxyl groups is 1. The molecule has 0 saturated carbocycles. The lowest BCUT2D eigenvalue weighted by Gasteiger charge is -2.16. The van der Waals surface area contributed by atoms with Gasteiger partial charge in [0, 0.05) is 24.7 Å². The largest absolute Gasteiger partial charge is 0.395 e. The van der Waals surface area contributed by atoms with Crippen LogP contribution >= 0.6 is 0 Å². The van der Waals surface area contributed by atoms with E-state index in [1.54, 1.807) is 13.2 Å². The SMILES string of the molecule is CCC(COC)NC(=O)c1cc(C#CCCO)ccc1C. The summed E-state index contributed by atoms with van der Waals surface area (Å²) >= 11 is 0. The molecular weight excluding hydrogens is 266 g/mol. The molecule has 0 radical (unpaired) electrons. The topological polar surface area (TPSA) is 58.6 Å². The highest BCUT2D eigenvalue weighted by Gasteiger charge is 2.14. The van der Waals surface area contributed by atoms with Crippen LogP contribution in [0.1, 0.15) is 41.3 Å². The van der Waals surface area contributed by atoms with Crippen molar-refractivity contribution >= 4 is 5.91 Å². The van der Waals surface area contributed by atoms with Crippen molar-refractivity contribution in [2.75, 3.05) is 20.3 Å². The van der Waals surface area contributed by atoms with Gasteiger partial charge in [0.15, 0.2) is 0 Å². The number of hydrogen-bond donors (Lipinski definition) is 2. The second kappa shape index (κ2) is 9.17. The summed E-state index contributed by atoms with van der Waals surface area (Å²) < 4.78 is 5.09. The van der Waals surface area contributed by atoms with Crippen LogP contribution in [0.25, 0.3) is 0 Å². The number of nitrogens with one attached hydrogen (secondary N) is 1. The van der Waals surface area contributed by atoms with Crippen LogP contribution in [0.5, 0.6) is 0 Å². The van der Waals surface area contributed by atoms with Crippen LogP contribution < -0.4 is 5.32 Å². The summed E-state index contributed by atoms with van der Waals surface area (Å²) in [5, 5.41) is 11.7. The number of rotatable bonds is 6. The lowest BCUT2D eigenvalue weighted by molar-refractivity contribution is 0.0894. The molecule has 0 spiro atoms. The molecule has 0 aliphatic rings. The van der Waals surface area contributed by atoms with Crippen LogP contribution in [0.3, 0.4) is 0 Å². The highest BCUT2D eigenvalue weighted by molar-refractivity contribution is 5.96. The van der Waals surface area contributed by atoms with E-state index in [2.05, 4.69) is 17.2 Å². The number of carbonyl (C=O) groups is 1. The minimum atomic E-state index is -0.109. The molecule has 1 atom stereocenters. The Morgan fingerprint density at radius 3 is 2.86 bits per heavy atom. The van der Waals surface area contributed by atoms with E-state index in [4.69, 9.17) is 9.84 Å². The quantitative estimate of drug-likeness (QED) is 0.786. The predicted molar refractivity (Wildman–Crippen MR) is 83.2 cm³/mol. The Morgan fingerprint density at radius 1 is 1.48 bits per heavy atom. The van der Waals surface area contributed by atoms with Crippen molar-refractivity contribution in [3.05, 3.63) is 34.9 Å². The Labute approximate surface area is 126 Å². The van der Waals surface area contributed by atoms with Gasteiger partial charge in [0.1, 0.15) is 0 Å². The maximum Gasteiger partial charge on any atom is 0.251 e. The van der Waals surface area contributed by atoms with Crippen molar-refractivity contribution in [1.29, 1.82) is 0 Å². The molecule has 0 aliphatic heterocycles. The zero-order valence-corrected chi connectivity index (χ0v) is 12.9. The number of aryl methyl sites for hydroxylation is 1. The molecular formula is C17H23NO3. The number of ether oxygens (including phenoxy) is 1. The van der Waals surface area contributed by atoms with Crippen LogP contribution in [0.15, 0.2) is 18.2 Å². The summed E-state index contributed by atoms with van der Waals surface area (Å²) in [5.74, 6) is 5.69. The molecule has 2 N–H and O–H groups in total. The zero-order chi connectivity index (χ0) is 15.7. The Morgan fingerprint density at radius 2 is 2.24 bits per heavy atom. The number of amides is 1. The van der Waals surface area contributed by atoms with Gasteiger partial charge in [-0.25, -0.2) is 0 Å². The lowest BCUT2D eigenvalue weighted by Crippen LogP contribution is -2.37. The molecule has 1 aromatic rings. The molecule has 4 nitrogen and oxygen atoms in total. The molecule has 0 fully saturated rings. The first-order chi connectivity index (χ1) is 10.1. The van der Waals surface area contributed by atoms with E-state index in [1.165, 1.54) is 0 Å². The number of hydrogen-bond acceptors (Lipinski definition) is 3. The summed E-state index contributed by atoms with van der Waals surface area (Å²) in [4.78, 5) is 12.3. The van der Waals surface area contributed by atoms with Crippen molar-refractivity contribution < 1.29 is 14.6 Å².